The van der Waals surface area contributed by atoms with E-state index in [0.29, 0.717) is 5.92 Å². The molecule has 3 rings (SSSR count). The lowest BCUT2D eigenvalue weighted by Gasteiger charge is -2.41. The van der Waals surface area contributed by atoms with E-state index in [9.17, 15) is 0 Å². The topological polar surface area (TPSA) is 62.4 Å². The van der Waals surface area contributed by atoms with Gasteiger partial charge in [-0.25, -0.2) is 0 Å². The monoisotopic (exact) mass is 378 g/mol. The molecule has 27 heavy (non-hydrogen) atoms. The van der Waals surface area contributed by atoms with Crippen molar-refractivity contribution in [1.82, 2.24) is 20.4 Å². The van der Waals surface area contributed by atoms with Gasteiger partial charge in [0.1, 0.15) is 0 Å². The fraction of sp³-hybridized carbons (Fsp3) is 0.857. The number of hydrogen-bond acceptors (Lipinski definition) is 5. The highest BCUT2D eigenvalue weighted by Crippen LogP contribution is 2.44. The van der Waals surface area contributed by atoms with Gasteiger partial charge < -0.3 is 14.8 Å². The fourth-order valence-corrected chi connectivity index (χ4v) is 4.75. The number of likely N-dealkylation sites (tertiary alicyclic amines) is 1. The average molecular weight is 379 g/mol. The maximum absolute atomic E-state index is 5.82. The molecule has 2 aliphatic rings. The van der Waals surface area contributed by atoms with E-state index >= 15 is 0 Å². The standard InChI is InChI=1S/C21H38N4O2/c1-4-26-15-21(16-27-5-2)8-6-18(7-9-21)20-19(11-23-24-20)14-25-12-17(13-25)10-22-3/h11,17-18,22H,4-10,12-16H2,1-3H3,(H,23,24). The van der Waals surface area contributed by atoms with Crippen molar-refractivity contribution in [3.63, 3.8) is 0 Å². The average Bonchev–Trinajstić information content (AvgIpc) is 3.12. The van der Waals surface area contributed by atoms with Crippen LogP contribution < -0.4 is 5.32 Å². The summed E-state index contributed by atoms with van der Waals surface area (Å²) in [5.74, 6) is 1.39. The first kappa shape index (κ1) is 20.8. The fourth-order valence-electron chi connectivity index (χ4n) is 4.75. The molecular weight excluding hydrogens is 340 g/mol. The highest BCUT2D eigenvalue weighted by molar-refractivity contribution is 5.22. The summed E-state index contributed by atoms with van der Waals surface area (Å²) in [7, 11) is 2.04. The third kappa shape index (κ3) is 5.31. The van der Waals surface area contributed by atoms with Crippen molar-refractivity contribution < 1.29 is 9.47 Å². The first-order valence-electron chi connectivity index (χ1n) is 10.7. The zero-order valence-electron chi connectivity index (χ0n) is 17.4. The normalized spacial score (nSPS) is 21.4. The maximum atomic E-state index is 5.82. The van der Waals surface area contributed by atoms with Gasteiger partial charge in [0.15, 0.2) is 0 Å². The molecule has 1 aliphatic carbocycles. The van der Waals surface area contributed by atoms with Crippen LogP contribution in [0.1, 0.15) is 56.7 Å². The Morgan fingerprint density at radius 2 is 1.85 bits per heavy atom. The van der Waals surface area contributed by atoms with Gasteiger partial charge in [0.05, 0.1) is 19.4 Å². The molecule has 0 spiro atoms. The van der Waals surface area contributed by atoms with Crippen molar-refractivity contribution in [1.29, 1.82) is 0 Å². The van der Waals surface area contributed by atoms with Crippen molar-refractivity contribution in [3.8, 4) is 0 Å². The molecule has 2 heterocycles. The van der Waals surface area contributed by atoms with Crippen LogP contribution in [0.3, 0.4) is 0 Å². The lowest BCUT2D eigenvalue weighted by Crippen LogP contribution is -2.49. The van der Waals surface area contributed by atoms with Crippen LogP contribution in [0, 0.1) is 11.3 Å². The Bertz CT molecular complexity index is 538. The van der Waals surface area contributed by atoms with Crippen molar-refractivity contribution in [3.05, 3.63) is 17.5 Å². The number of ether oxygens (including phenoxy) is 2. The van der Waals surface area contributed by atoms with Crippen LogP contribution in [0.5, 0.6) is 0 Å². The van der Waals surface area contributed by atoms with Crippen LogP contribution in [0.25, 0.3) is 0 Å². The molecule has 2 fully saturated rings. The van der Waals surface area contributed by atoms with Gasteiger partial charge in [0.25, 0.3) is 0 Å². The van der Waals surface area contributed by atoms with E-state index in [1.165, 1.54) is 50.0 Å². The SMILES string of the molecule is CCOCC1(COCC)CCC(c2[nH]ncc2CN2CC(CNC)C2)CC1. The van der Waals surface area contributed by atoms with E-state index in [-0.39, 0.29) is 5.41 Å². The predicted molar refractivity (Wildman–Crippen MR) is 108 cm³/mol. The molecule has 0 amide bonds. The zero-order valence-corrected chi connectivity index (χ0v) is 17.4. The van der Waals surface area contributed by atoms with Crippen molar-refractivity contribution in [2.24, 2.45) is 11.3 Å². The van der Waals surface area contributed by atoms with Gasteiger partial charge in [-0.2, -0.15) is 5.10 Å². The number of nitrogens with one attached hydrogen (secondary N) is 2. The Morgan fingerprint density at radius 3 is 2.44 bits per heavy atom. The molecule has 154 valence electrons. The summed E-state index contributed by atoms with van der Waals surface area (Å²) in [4.78, 5) is 2.54. The Balaban J connectivity index is 1.54. The zero-order chi connectivity index (χ0) is 19.1. The van der Waals surface area contributed by atoms with E-state index in [0.717, 1.165) is 45.4 Å². The minimum Gasteiger partial charge on any atom is -0.381 e. The molecule has 0 radical (unpaired) electrons. The predicted octanol–water partition coefficient (Wildman–Crippen LogP) is 2.78. The van der Waals surface area contributed by atoms with Crippen molar-refractivity contribution >= 4 is 0 Å². The van der Waals surface area contributed by atoms with Crippen LogP contribution in [-0.4, -0.2) is 68.2 Å². The lowest BCUT2D eigenvalue weighted by atomic mass is 9.70. The van der Waals surface area contributed by atoms with Crippen LogP contribution in [0.4, 0.5) is 0 Å². The molecule has 0 atom stereocenters. The number of nitrogens with zero attached hydrogens (tertiary/aromatic N) is 2. The van der Waals surface area contributed by atoms with E-state index in [4.69, 9.17) is 9.47 Å². The van der Waals surface area contributed by atoms with Crippen LogP contribution >= 0.6 is 0 Å². The van der Waals surface area contributed by atoms with Gasteiger partial charge in [-0.1, -0.05) is 0 Å². The molecule has 1 aromatic rings. The molecule has 1 aliphatic heterocycles. The van der Waals surface area contributed by atoms with Gasteiger partial charge in [-0.05, 0) is 52.5 Å². The number of aromatic nitrogens is 2. The first-order chi connectivity index (χ1) is 13.2. The van der Waals surface area contributed by atoms with E-state index in [2.05, 4.69) is 34.3 Å². The van der Waals surface area contributed by atoms with Gasteiger partial charge in [0.2, 0.25) is 0 Å². The summed E-state index contributed by atoms with van der Waals surface area (Å²) in [6.45, 7) is 11.9. The second-order valence-electron chi connectivity index (χ2n) is 8.48. The van der Waals surface area contributed by atoms with Gasteiger partial charge >= 0.3 is 0 Å². The van der Waals surface area contributed by atoms with E-state index in [1.54, 1.807) is 0 Å². The molecular formula is C21H38N4O2. The minimum atomic E-state index is 0.195. The van der Waals surface area contributed by atoms with Crippen molar-refractivity contribution in [2.45, 2.75) is 52.0 Å². The van der Waals surface area contributed by atoms with E-state index in [1.807, 2.05) is 13.2 Å². The molecule has 6 heteroatoms. The molecule has 0 bridgehead atoms. The summed E-state index contributed by atoms with van der Waals surface area (Å²) in [6.07, 6.45) is 6.77. The smallest absolute Gasteiger partial charge is 0.0544 e. The minimum absolute atomic E-state index is 0.195. The Morgan fingerprint density at radius 1 is 1.19 bits per heavy atom. The second-order valence-corrected chi connectivity index (χ2v) is 8.48. The lowest BCUT2D eigenvalue weighted by molar-refractivity contribution is -0.0397. The molecule has 6 nitrogen and oxygen atoms in total. The summed E-state index contributed by atoms with van der Waals surface area (Å²) in [5.41, 5.74) is 2.96. The van der Waals surface area contributed by atoms with Crippen LogP contribution in [0.15, 0.2) is 6.20 Å². The molecule has 2 N–H and O–H groups in total. The summed E-state index contributed by atoms with van der Waals surface area (Å²) in [6, 6.07) is 0. The van der Waals surface area contributed by atoms with Gasteiger partial charge in [0, 0.05) is 62.0 Å². The highest BCUT2D eigenvalue weighted by Gasteiger charge is 2.37. The van der Waals surface area contributed by atoms with Crippen LogP contribution in [0.2, 0.25) is 0 Å². The summed E-state index contributed by atoms with van der Waals surface area (Å²) < 4.78 is 11.6. The third-order valence-corrected chi connectivity index (χ3v) is 6.35. The Labute approximate surface area is 164 Å². The number of hydrogen-bond donors (Lipinski definition) is 2. The summed E-state index contributed by atoms with van der Waals surface area (Å²) in [5, 5.41) is 11.0. The molecule has 1 saturated heterocycles. The molecule has 1 aromatic heterocycles. The summed E-state index contributed by atoms with van der Waals surface area (Å²) >= 11 is 0. The second kappa shape index (κ2) is 10.0. The number of aromatic amines is 1. The van der Waals surface area contributed by atoms with Crippen LogP contribution in [-0.2, 0) is 16.0 Å². The molecule has 0 unspecified atom stereocenters. The largest absolute Gasteiger partial charge is 0.381 e. The third-order valence-electron chi connectivity index (χ3n) is 6.35. The molecule has 1 saturated carbocycles. The Hall–Kier alpha value is -0.950. The first-order valence-corrected chi connectivity index (χ1v) is 10.7. The van der Waals surface area contributed by atoms with Gasteiger partial charge in [-0.3, -0.25) is 10.00 Å². The van der Waals surface area contributed by atoms with E-state index < -0.39 is 0 Å². The number of rotatable bonds is 11. The quantitative estimate of drug-likeness (QED) is 0.620. The van der Waals surface area contributed by atoms with Gasteiger partial charge in [-0.15, -0.1) is 0 Å². The number of H-pyrrole nitrogens is 1. The van der Waals surface area contributed by atoms with Crippen molar-refractivity contribution in [2.75, 3.05) is 53.1 Å². The maximum Gasteiger partial charge on any atom is 0.0544 e. The molecule has 0 aromatic carbocycles. The highest BCUT2D eigenvalue weighted by atomic mass is 16.5. The Kier molecular flexibility index (Phi) is 7.70.